The van der Waals surface area contributed by atoms with Crippen molar-refractivity contribution >= 4 is 11.6 Å². The number of carbonyl (C=O) groups is 2. The van der Waals surface area contributed by atoms with Crippen molar-refractivity contribution < 1.29 is 14.3 Å². The number of fused-ring (bicyclic) bond motifs is 4. The maximum absolute atomic E-state index is 12.3. The van der Waals surface area contributed by atoms with Gasteiger partial charge in [-0.05, 0) is 36.1 Å². The van der Waals surface area contributed by atoms with Crippen LogP contribution in [0.3, 0.4) is 0 Å². The van der Waals surface area contributed by atoms with E-state index in [2.05, 4.69) is 17.0 Å². The van der Waals surface area contributed by atoms with Gasteiger partial charge in [-0.3, -0.25) is 9.59 Å². The Morgan fingerprint density at radius 3 is 2.81 bits per heavy atom. The first kappa shape index (κ1) is 12.6. The number of carbonyl (C=O) groups excluding carboxylic acids is 2. The Kier molecular flexibility index (Phi) is 2.67. The molecule has 4 nitrogen and oxygen atoms in total. The van der Waals surface area contributed by atoms with Crippen molar-refractivity contribution in [3.05, 3.63) is 40.6 Å². The van der Waals surface area contributed by atoms with Crippen LogP contribution in [0.15, 0.2) is 29.5 Å². The minimum atomic E-state index is 0.0254. The fourth-order valence-electron chi connectivity index (χ4n) is 3.88. The summed E-state index contributed by atoms with van der Waals surface area (Å²) in [5.41, 5.74) is 3.95. The van der Waals surface area contributed by atoms with Crippen LogP contribution in [0.4, 0.5) is 0 Å². The highest BCUT2D eigenvalue weighted by atomic mass is 16.5. The number of hydrogen-bond acceptors (Lipinski definition) is 4. The average molecular weight is 283 g/mol. The molecule has 1 unspecified atom stereocenters. The Hall–Kier alpha value is -2.10. The molecule has 4 heteroatoms. The summed E-state index contributed by atoms with van der Waals surface area (Å²) < 4.78 is 5.29. The van der Waals surface area contributed by atoms with Gasteiger partial charge in [0.2, 0.25) is 0 Å². The number of nitrogens with zero attached hydrogens (tertiary/aromatic N) is 1. The standard InChI is InChI=1S/C17H17NO3/c1-21-11-2-3-12-10(8-11)6-7-18-13-4-5-15(19)17(13)16(20)9-14(12)18/h2-3,8,14H,4-7,9H2,1H3. The SMILES string of the molecule is COc1ccc2c(c1)CCN1C3=C(C(=O)CC3)C(=O)CC21. The quantitative estimate of drug-likeness (QED) is 0.741. The van der Waals surface area contributed by atoms with Crippen molar-refractivity contribution in [2.24, 2.45) is 0 Å². The zero-order valence-corrected chi connectivity index (χ0v) is 12.0. The summed E-state index contributed by atoms with van der Waals surface area (Å²) >= 11 is 0. The molecule has 0 fully saturated rings. The molecule has 0 aromatic heterocycles. The molecule has 4 rings (SSSR count). The largest absolute Gasteiger partial charge is 0.497 e. The third kappa shape index (κ3) is 1.75. The lowest BCUT2D eigenvalue weighted by atomic mass is 9.84. The second-order valence-corrected chi connectivity index (χ2v) is 5.90. The summed E-state index contributed by atoms with van der Waals surface area (Å²) in [6.07, 6.45) is 2.57. The zero-order valence-electron chi connectivity index (χ0n) is 12.0. The van der Waals surface area contributed by atoms with Crippen molar-refractivity contribution in [3.8, 4) is 5.75 Å². The van der Waals surface area contributed by atoms with E-state index < -0.39 is 0 Å². The number of ether oxygens (including phenoxy) is 1. The number of benzene rings is 1. The Bertz CT molecular complexity index is 689. The molecule has 2 heterocycles. The van der Waals surface area contributed by atoms with E-state index in [-0.39, 0.29) is 17.6 Å². The molecule has 108 valence electrons. The van der Waals surface area contributed by atoms with Crippen LogP contribution < -0.4 is 4.74 Å². The molecule has 0 N–H and O–H groups in total. The van der Waals surface area contributed by atoms with E-state index in [1.807, 2.05) is 6.07 Å². The minimum absolute atomic E-state index is 0.0254. The third-order valence-corrected chi connectivity index (χ3v) is 4.87. The van der Waals surface area contributed by atoms with Crippen LogP contribution >= 0.6 is 0 Å². The second kappa shape index (κ2) is 4.45. The first-order valence-corrected chi connectivity index (χ1v) is 7.42. The second-order valence-electron chi connectivity index (χ2n) is 5.90. The molecule has 21 heavy (non-hydrogen) atoms. The molecule has 0 bridgehead atoms. The maximum atomic E-state index is 12.3. The van der Waals surface area contributed by atoms with Crippen molar-refractivity contribution in [1.82, 2.24) is 4.90 Å². The van der Waals surface area contributed by atoms with E-state index in [0.717, 1.165) is 30.8 Å². The topological polar surface area (TPSA) is 46.6 Å². The lowest BCUT2D eigenvalue weighted by Crippen LogP contribution is -2.40. The summed E-state index contributed by atoms with van der Waals surface area (Å²) in [7, 11) is 1.67. The van der Waals surface area contributed by atoms with Gasteiger partial charge in [0.15, 0.2) is 11.6 Å². The highest BCUT2D eigenvalue weighted by Crippen LogP contribution is 2.44. The molecule has 0 saturated heterocycles. The Labute approximate surface area is 123 Å². The average Bonchev–Trinajstić information content (AvgIpc) is 2.89. The Morgan fingerprint density at radius 2 is 2.00 bits per heavy atom. The molecular weight excluding hydrogens is 266 g/mol. The molecule has 1 aromatic rings. The van der Waals surface area contributed by atoms with Gasteiger partial charge < -0.3 is 9.64 Å². The first-order chi connectivity index (χ1) is 10.2. The van der Waals surface area contributed by atoms with E-state index in [9.17, 15) is 9.59 Å². The molecular formula is C17H17NO3. The number of allylic oxidation sites excluding steroid dienone is 2. The Morgan fingerprint density at radius 1 is 1.14 bits per heavy atom. The summed E-state index contributed by atoms with van der Waals surface area (Å²) in [5, 5.41) is 0. The predicted molar refractivity (Wildman–Crippen MR) is 77.0 cm³/mol. The van der Waals surface area contributed by atoms with E-state index in [4.69, 9.17) is 4.74 Å². The normalized spacial score (nSPS) is 23.9. The zero-order chi connectivity index (χ0) is 14.6. The van der Waals surface area contributed by atoms with Crippen molar-refractivity contribution in [1.29, 1.82) is 0 Å². The van der Waals surface area contributed by atoms with Crippen molar-refractivity contribution in [2.75, 3.05) is 13.7 Å². The molecule has 0 amide bonds. The molecule has 2 aliphatic heterocycles. The molecule has 0 spiro atoms. The van der Waals surface area contributed by atoms with E-state index in [1.54, 1.807) is 7.11 Å². The number of Topliss-reactive ketones (excluding diaryl/α,β-unsaturated/α-hetero) is 2. The number of ketones is 2. The van der Waals surface area contributed by atoms with Crippen LogP contribution in [-0.2, 0) is 16.0 Å². The van der Waals surface area contributed by atoms with Crippen molar-refractivity contribution in [3.63, 3.8) is 0 Å². The molecule has 1 aromatic carbocycles. The van der Waals surface area contributed by atoms with Gasteiger partial charge in [0.05, 0.1) is 18.7 Å². The van der Waals surface area contributed by atoms with Gasteiger partial charge in [-0.1, -0.05) is 6.07 Å². The van der Waals surface area contributed by atoms with Crippen LogP contribution in [0, 0.1) is 0 Å². The molecule has 1 atom stereocenters. The minimum Gasteiger partial charge on any atom is -0.497 e. The maximum Gasteiger partial charge on any atom is 0.170 e. The van der Waals surface area contributed by atoms with Gasteiger partial charge >= 0.3 is 0 Å². The van der Waals surface area contributed by atoms with Gasteiger partial charge in [0.1, 0.15) is 5.75 Å². The van der Waals surface area contributed by atoms with Gasteiger partial charge in [-0.15, -0.1) is 0 Å². The lowest BCUT2D eigenvalue weighted by molar-refractivity contribution is -0.122. The molecule has 0 saturated carbocycles. The first-order valence-electron chi connectivity index (χ1n) is 7.42. The lowest BCUT2D eigenvalue weighted by Gasteiger charge is -2.42. The fraction of sp³-hybridized carbons (Fsp3) is 0.412. The molecule has 3 aliphatic rings. The molecule has 0 radical (unpaired) electrons. The van der Waals surface area contributed by atoms with Crippen LogP contribution in [0.1, 0.15) is 36.4 Å². The van der Waals surface area contributed by atoms with Crippen molar-refractivity contribution in [2.45, 2.75) is 31.7 Å². The van der Waals surface area contributed by atoms with Gasteiger partial charge in [0, 0.05) is 25.1 Å². The van der Waals surface area contributed by atoms with Gasteiger partial charge in [-0.2, -0.15) is 0 Å². The third-order valence-electron chi connectivity index (χ3n) is 4.87. The highest BCUT2D eigenvalue weighted by molar-refractivity contribution is 6.22. The van der Waals surface area contributed by atoms with Crippen LogP contribution in [0.25, 0.3) is 0 Å². The summed E-state index contributed by atoms with van der Waals surface area (Å²) in [6.45, 7) is 0.879. The van der Waals surface area contributed by atoms with E-state index in [1.165, 1.54) is 11.1 Å². The summed E-state index contributed by atoms with van der Waals surface area (Å²) in [6, 6.07) is 6.19. The number of hydrogen-bond donors (Lipinski definition) is 0. The predicted octanol–water partition coefficient (Wildman–Crippen LogP) is 2.18. The van der Waals surface area contributed by atoms with E-state index >= 15 is 0 Å². The van der Waals surface area contributed by atoms with Gasteiger partial charge in [-0.25, -0.2) is 0 Å². The summed E-state index contributed by atoms with van der Waals surface area (Å²) in [4.78, 5) is 26.5. The van der Waals surface area contributed by atoms with Crippen LogP contribution in [0.2, 0.25) is 0 Å². The van der Waals surface area contributed by atoms with Crippen LogP contribution in [-0.4, -0.2) is 30.1 Å². The smallest absolute Gasteiger partial charge is 0.170 e. The number of methoxy groups -OCH3 is 1. The fourth-order valence-corrected chi connectivity index (χ4v) is 3.88. The van der Waals surface area contributed by atoms with Gasteiger partial charge in [0.25, 0.3) is 0 Å². The number of rotatable bonds is 1. The summed E-state index contributed by atoms with van der Waals surface area (Å²) in [5.74, 6) is 0.923. The monoisotopic (exact) mass is 283 g/mol. The Balaban J connectivity index is 1.79. The van der Waals surface area contributed by atoms with Crippen LogP contribution in [0.5, 0.6) is 5.75 Å². The highest BCUT2D eigenvalue weighted by Gasteiger charge is 2.42. The molecule has 1 aliphatic carbocycles. The van der Waals surface area contributed by atoms with E-state index in [0.29, 0.717) is 18.4 Å².